The van der Waals surface area contributed by atoms with Gasteiger partial charge in [-0.1, -0.05) is 19.3 Å². The summed E-state index contributed by atoms with van der Waals surface area (Å²) in [7, 11) is 0. The Bertz CT molecular complexity index is 169. The molecule has 0 aliphatic heterocycles. The van der Waals surface area contributed by atoms with E-state index in [1.165, 1.54) is 6.42 Å². The van der Waals surface area contributed by atoms with Crippen LogP contribution in [-0.4, -0.2) is 6.04 Å². The fraction of sp³-hybridized carbons (Fsp3) is 1.00. The molecule has 0 spiro atoms. The first-order valence-corrected chi connectivity index (χ1v) is 6.51. The molecule has 0 bridgehead atoms. The highest BCUT2D eigenvalue weighted by atomic mass is 32.5. The van der Waals surface area contributed by atoms with Crippen LogP contribution in [0.4, 0.5) is 0 Å². The molecule has 0 unspecified atom stereocenters. The summed E-state index contributed by atoms with van der Waals surface area (Å²) in [6.45, 7) is -3.65. The Balaban J connectivity index is 0. The summed E-state index contributed by atoms with van der Waals surface area (Å²) in [5.74, 6) is 0. The van der Waals surface area contributed by atoms with Gasteiger partial charge in [0.25, 0.3) is 0 Å². The van der Waals surface area contributed by atoms with Crippen LogP contribution < -0.4 is 27.2 Å². The van der Waals surface area contributed by atoms with Crippen molar-refractivity contribution in [3.05, 3.63) is 0 Å². The average Bonchev–Trinajstić information content (AvgIpc) is 1.85. The minimum atomic E-state index is -3.65. The first-order chi connectivity index (χ1) is 5.08. The maximum atomic E-state index is 10.6. The maximum Gasteiger partial charge on any atom is 0.00872 e. The van der Waals surface area contributed by atoms with Crippen LogP contribution in [0, 0.1) is 0 Å². The molecule has 0 aromatic heterocycles. The summed E-state index contributed by atoms with van der Waals surface area (Å²) in [6.07, 6.45) is 5.35. The summed E-state index contributed by atoms with van der Waals surface area (Å²) in [5.41, 5.74) is 0. The molecular formula is C6H20N3O2PS. The average molecular weight is 229 g/mol. The van der Waals surface area contributed by atoms with Gasteiger partial charge >= 0.3 is 0 Å². The van der Waals surface area contributed by atoms with Crippen molar-refractivity contribution in [1.82, 2.24) is 17.4 Å². The molecule has 1 saturated carbocycles. The van der Waals surface area contributed by atoms with Crippen LogP contribution in [0.25, 0.3) is 0 Å². The van der Waals surface area contributed by atoms with Gasteiger partial charge < -0.3 is 27.2 Å². The predicted molar refractivity (Wildman–Crippen MR) is 56.3 cm³/mol. The number of hydrogen-bond donors (Lipinski definition) is 3. The summed E-state index contributed by atoms with van der Waals surface area (Å²) >= 11 is 4.25. The van der Waals surface area contributed by atoms with Crippen molar-refractivity contribution < 1.29 is 9.79 Å². The molecule has 0 aromatic carbocycles. The van der Waals surface area contributed by atoms with Gasteiger partial charge in [0.05, 0.1) is 0 Å². The van der Waals surface area contributed by atoms with Crippen LogP contribution in [0.5, 0.6) is 0 Å². The quantitative estimate of drug-likeness (QED) is 0.598. The number of hydrogen-bond acceptors (Lipinski definition) is 3. The Labute approximate surface area is 84.3 Å². The third kappa shape index (κ3) is 7.52. The van der Waals surface area contributed by atoms with Crippen LogP contribution in [0.3, 0.4) is 0 Å². The molecule has 0 heterocycles. The van der Waals surface area contributed by atoms with Crippen molar-refractivity contribution in [2.24, 2.45) is 0 Å². The lowest BCUT2D eigenvalue weighted by atomic mass is 9.96. The lowest BCUT2D eigenvalue weighted by Gasteiger charge is -2.41. The van der Waals surface area contributed by atoms with Gasteiger partial charge in [0, 0.05) is 6.04 Å². The van der Waals surface area contributed by atoms with Gasteiger partial charge in [-0.05, 0) is 12.8 Å². The monoisotopic (exact) mass is 229 g/mol. The second-order valence-corrected chi connectivity index (χ2v) is 5.66. The van der Waals surface area contributed by atoms with E-state index in [1.54, 1.807) is 0 Å². The normalized spacial score (nSPS) is 18.6. The number of rotatable bonds is 2. The third-order valence-electron chi connectivity index (χ3n) is 1.95. The summed E-state index contributed by atoms with van der Waals surface area (Å²) in [6, 6.07) is 0.115. The molecule has 0 amide bonds. The zero-order valence-electron chi connectivity index (χ0n) is 8.28. The van der Waals surface area contributed by atoms with Gasteiger partial charge in [0.1, 0.15) is 0 Å². The fourth-order valence-electron chi connectivity index (χ4n) is 1.46. The Morgan fingerprint density at radius 2 is 1.54 bits per heavy atom. The zero-order valence-corrected chi connectivity index (χ0v) is 10.00. The molecule has 1 aliphatic carbocycles. The van der Waals surface area contributed by atoms with E-state index in [0.29, 0.717) is 0 Å². The zero-order chi connectivity index (χ0) is 8.32. The van der Waals surface area contributed by atoms with Crippen molar-refractivity contribution in [3.63, 3.8) is 0 Å². The van der Waals surface area contributed by atoms with Crippen LogP contribution >= 0.6 is 6.64 Å². The van der Waals surface area contributed by atoms with E-state index in [2.05, 4.69) is 16.9 Å². The van der Waals surface area contributed by atoms with E-state index >= 15 is 0 Å². The highest BCUT2D eigenvalue weighted by Crippen LogP contribution is 2.25. The van der Waals surface area contributed by atoms with Gasteiger partial charge in [0.15, 0.2) is 0 Å². The van der Waals surface area contributed by atoms with Gasteiger partial charge in [-0.15, -0.1) is 11.8 Å². The van der Waals surface area contributed by atoms with Crippen molar-refractivity contribution in [2.75, 3.05) is 0 Å². The van der Waals surface area contributed by atoms with Gasteiger partial charge in [-0.2, -0.15) is 6.64 Å². The van der Waals surface area contributed by atoms with Crippen LogP contribution in [0.2, 0.25) is 0 Å². The van der Waals surface area contributed by atoms with E-state index in [0.717, 1.165) is 25.7 Å². The molecule has 1 fully saturated rings. The number of nitrogens with one attached hydrogen (secondary N) is 1. The van der Waals surface area contributed by atoms with Crippen molar-refractivity contribution in [2.45, 2.75) is 38.1 Å². The van der Waals surface area contributed by atoms with E-state index in [9.17, 15) is 9.79 Å². The molecule has 0 aromatic rings. The minimum absolute atomic E-state index is 0. The highest BCUT2D eigenvalue weighted by molar-refractivity contribution is 8.06. The van der Waals surface area contributed by atoms with E-state index in [-0.39, 0.29) is 18.3 Å². The summed E-state index contributed by atoms with van der Waals surface area (Å²) < 4.78 is 0. The highest BCUT2D eigenvalue weighted by Gasteiger charge is 2.11. The minimum Gasteiger partial charge on any atom is -0.821 e. The Morgan fingerprint density at radius 1 is 1.08 bits per heavy atom. The van der Waals surface area contributed by atoms with Gasteiger partial charge in [-0.3, -0.25) is 0 Å². The molecule has 0 saturated heterocycles. The fourth-order valence-corrected chi connectivity index (χ4v) is 2.61. The molecule has 5 nitrogen and oxygen atoms in total. The summed E-state index contributed by atoms with van der Waals surface area (Å²) in [5, 5.41) is 2.47. The van der Waals surface area contributed by atoms with Crippen LogP contribution in [-0.2, 0) is 11.8 Å². The number of quaternary nitrogens is 2. The Kier molecular flexibility index (Phi) is 8.36. The molecule has 9 N–H and O–H groups in total. The van der Waals surface area contributed by atoms with E-state index in [4.69, 9.17) is 0 Å². The standard InChI is InChI=1S/C6H14NO2PS.2H3N/c8-10(9,11)7-6-4-2-1-3-5-6;;/h6H,1-5H2,(H3,7,8,9,11);2*1H3. The first-order valence-electron chi connectivity index (χ1n) is 3.88. The lowest BCUT2D eigenvalue weighted by molar-refractivity contribution is -0.299. The second-order valence-electron chi connectivity index (χ2n) is 2.96. The maximum absolute atomic E-state index is 10.6. The second kappa shape index (κ2) is 6.84. The van der Waals surface area contributed by atoms with Crippen molar-refractivity contribution in [3.8, 4) is 0 Å². The SMILES string of the molecule is [NH4+].[NH4+].[O-]P([O-])(=S)NC1CCCCC1. The smallest absolute Gasteiger partial charge is 0.00872 e. The molecule has 0 radical (unpaired) electrons. The molecule has 1 aliphatic rings. The van der Waals surface area contributed by atoms with Crippen molar-refractivity contribution >= 4 is 18.4 Å². The first kappa shape index (κ1) is 15.9. The Hall–Kier alpha value is 0.450. The van der Waals surface area contributed by atoms with Crippen LogP contribution in [0.15, 0.2) is 0 Å². The lowest BCUT2D eigenvalue weighted by Crippen LogP contribution is -2.36. The molecular weight excluding hydrogens is 209 g/mol. The molecule has 82 valence electrons. The third-order valence-corrected chi connectivity index (χ3v) is 2.94. The largest absolute Gasteiger partial charge is 0.821 e. The topological polar surface area (TPSA) is 131 Å². The van der Waals surface area contributed by atoms with Gasteiger partial charge in [0.2, 0.25) is 0 Å². The molecule has 13 heavy (non-hydrogen) atoms. The van der Waals surface area contributed by atoms with Crippen LogP contribution in [0.1, 0.15) is 32.1 Å². The molecule has 1 rings (SSSR count). The van der Waals surface area contributed by atoms with E-state index < -0.39 is 6.64 Å². The van der Waals surface area contributed by atoms with E-state index in [1.807, 2.05) is 0 Å². The molecule has 0 atom stereocenters. The predicted octanol–water partition coefficient (Wildman–Crippen LogP) is 0.606. The Morgan fingerprint density at radius 3 is 1.92 bits per heavy atom. The summed E-state index contributed by atoms with van der Waals surface area (Å²) in [4.78, 5) is 21.3. The molecule has 7 heteroatoms. The van der Waals surface area contributed by atoms with Gasteiger partial charge in [-0.25, -0.2) is 0 Å². The van der Waals surface area contributed by atoms with Crippen molar-refractivity contribution in [1.29, 1.82) is 0 Å².